The second-order valence-corrected chi connectivity index (χ2v) is 43.3. The molecule has 0 bridgehead atoms. The lowest BCUT2D eigenvalue weighted by atomic mass is 9.82. The van der Waals surface area contributed by atoms with Crippen LogP contribution in [-0.4, -0.2) is 48.2 Å². The maximum Gasteiger partial charge on any atom is 0.160 e. The molecular weight excluding hydrogens is 1830 g/mol. The van der Waals surface area contributed by atoms with E-state index < -0.39 is 0 Å². The highest BCUT2D eigenvalue weighted by atomic mass is 32.1. The Bertz CT molecular complexity index is 10300. The second kappa shape index (κ2) is 33.2. The largest absolute Gasteiger partial charge is 0.309 e. The highest BCUT2D eigenvalue weighted by Gasteiger charge is 2.45. The van der Waals surface area contributed by atoms with E-state index in [2.05, 4.69) is 504 Å². The molecule has 0 saturated heterocycles. The third-order valence-corrected chi connectivity index (χ3v) is 33.6. The maximum absolute atomic E-state index is 5.48. The molecule has 0 unspecified atom stereocenters. The molecule has 0 fully saturated rings. The van der Waals surface area contributed by atoms with Gasteiger partial charge in [0, 0.05) is 141 Å². The molecule has 0 atom stereocenters. The molecule has 0 N–H and O–H groups in total. The van der Waals surface area contributed by atoms with Gasteiger partial charge in [-0.05, 0) is 153 Å². The van der Waals surface area contributed by atoms with Crippen LogP contribution in [-0.2, 0) is 21.7 Å². The summed E-state index contributed by atoms with van der Waals surface area (Å²) in [7, 11) is 0. The van der Waals surface area contributed by atoms with Crippen LogP contribution in [0.15, 0.2) is 449 Å². The van der Waals surface area contributed by atoms with Crippen LogP contribution in [0.25, 0.3) is 243 Å². The number of fused-ring (bicyclic) bond motifs is 27. The summed E-state index contributed by atoms with van der Waals surface area (Å²) in [4.78, 5) is 32.4. The molecule has 0 aliphatic heterocycles. The van der Waals surface area contributed by atoms with E-state index >= 15 is 0 Å². The number of aromatic nitrogens is 10. The van der Waals surface area contributed by atoms with Gasteiger partial charge in [-0.1, -0.05) is 407 Å². The minimum atomic E-state index is -0.286. The first-order valence-corrected chi connectivity index (χ1v) is 52.4. The normalized spacial score (nSPS) is 13.9. The number of benzene rings is 19. The molecule has 8 aromatic heterocycles. The van der Waals surface area contributed by atoms with E-state index in [4.69, 9.17) is 29.9 Å². The molecule has 4 aliphatic carbocycles. The molecule has 19 aromatic carbocycles. The lowest BCUT2D eigenvalue weighted by Gasteiger charge is -2.22. The molecule has 31 rings (SSSR count). The predicted molar refractivity (Wildman–Crippen MR) is 619 cm³/mol. The van der Waals surface area contributed by atoms with Gasteiger partial charge in [0.2, 0.25) is 0 Å². The quantitative estimate of drug-likeness (QED) is 0.135. The fourth-order valence-corrected chi connectivity index (χ4v) is 26.5. The van der Waals surface area contributed by atoms with E-state index in [0.29, 0.717) is 0 Å². The Morgan fingerprint density at radius 1 is 0.181 bits per heavy atom. The summed E-state index contributed by atoms with van der Waals surface area (Å²) in [6.45, 7) is 18.5. The van der Waals surface area contributed by atoms with Gasteiger partial charge >= 0.3 is 0 Å². The van der Waals surface area contributed by atoms with E-state index in [9.17, 15) is 0 Å². The summed E-state index contributed by atoms with van der Waals surface area (Å²) < 4.78 is 12.4. The average Bonchev–Trinajstić information content (AvgIpc) is 1.54. The van der Waals surface area contributed by atoms with Crippen molar-refractivity contribution in [2.24, 2.45) is 0 Å². The van der Waals surface area contributed by atoms with Crippen LogP contribution in [0.1, 0.15) is 100 Å². The summed E-state index contributed by atoms with van der Waals surface area (Å²) in [5.41, 5.74) is 41.7. The van der Waals surface area contributed by atoms with E-state index in [1.54, 1.807) is 0 Å². The molecule has 10 nitrogen and oxygen atoms in total. The first kappa shape index (κ1) is 87.4. The first-order chi connectivity index (χ1) is 73.0. The molecule has 0 spiro atoms. The lowest BCUT2D eigenvalue weighted by molar-refractivity contribution is 0.636. The van der Waals surface area contributed by atoms with Gasteiger partial charge in [0.25, 0.3) is 0 Å². The monoisotopic (exact) mass is 1930 g/mol. The number of thiophene rings is 1. The molecular formula is C138H98N10S. The summed E-state index contributed by atoms with van der Waals surface area (Å²) in [6, 6.07) is 162. The third kappa shape index (κ3) is 13.1. The molecule has 4 aliphatic rings. The number of para-hydroxylation sites is 8. The van der Waals surface area contributed by atoms with Crippen LogP contribution in [0, 0.1) is 0 Å². The van der Waals surface area contributed by atoms with Crippen molar-refractivity contribution in [3.63, 3.8) is 0 Å². The Balaban J connectivity index is 0.000000105. The van der Waals surface area contributed by atoms with Crippen LogP contribution in [0.2, 0.25) is 0 Å². The average molecular weight is 1930 g/mol. The van der Waals surface area contributed by atoms with Crippen LogP contribution in [0.5, 0.6) is 0 Å². The minimum Gasteiger partial charge on any atom is -0.309 e. The molecule has 0 saturated carbocycles. The molecule has 0 radical (unpaired) electrons. The SMILES string of the molecule is CC1(C)c2ccccc2-c2c(-c3ccccc3-n3c4ccccc4c4cc5c(cc43)sc3ccccc35)nc(-c3ccccc3)nc21.CC1(C)c2ccccc2-c2c(-c3ccccc3-n3c4ccccc4c4cc5c6ccccc6n(-c6ccccc6)c5cc43)nc(-c3ccccc3)nc21.CC1(C)c2ccccc2-c2cc3c4ccccc4n(-c4ccccc4-c4nc(-c5ccccc5)nc5c4-c4ccccc4C5(C)C)c3cc21. The van der Waals surface area contributed by atoms with Crippen molar-refractivity contribution in [2.75, 3.05) is 0 Å². The first-order valence-electron chi connectivity index (χ1n) is 51.6. The van der Waals surface area contributed by atoms with Gasteiger partial charge in [0.15, 0.2) is 17.5 Å². The smallest absolute Gasteiger partial charge is 0.160 e. The molecule has 0 amide bonds. The highest BCUT2D eigenvalue weighted by Crippen LogP contribution is 2.59. The van der Waals surface area contributed by atoms with Crippen molar-refractivity contribution >= 4 is 119 Å². The van der Waals surface area contributed by atoms with Gasteiger partial charge in [-0.3, -0.25) is 0 Å². The number of nitrogens with zero attached hydrogens (tertiary/aromatic N) is 10. The van der Waals surface area contributed by atoms with Gasteiger partial charge < -0.3 is 18.3 Å². The molecule has 149 heavy (non-hydrogen) atoms. The number of hydrogen-bond acceptors (Lipinski definition) is 7. The Labute approximate surface area is 866 Å². The van der Waals surface area contributed by atoms with Gasteiger partial charge in [0.1, 0.15) is 0 Å². The van der Waals surface area contributed by atoms with Crippen LogP contribution in [0.3, 0.4) is 0 Å². The molecule has 11 heteroatoms. The predicted octanol–water partition coefficient (Wildman–Crippen LogP) is 35.4. The Hall–Kier alpha value is -18.2. The van der Waals surface area contributed by atoms with Crippen molar-refractivity contribution in [3.05, 3.63) is 494 Å². The van der Waals surface area contributed by atoms with Crippen LogP contribution >= 0.6 is 11.3 Å². The Morgan fingerprint density at radius 2 is 0.470 bits per heavy atom. The second-order valence-electron chi connectivity index (χ2n) is 42.2. The van der Waals surface area contributed by atoms with Gasteiger partial charge in [0.05, 0.1) is 95.4 Å². The Kier molecular flexibility index (Phi) is 19.5. The summed E-state index contributed by atoms with van der Waals surface area (Å²) in [5.74, 6) is 2.25. The van der Waals surface area contributed by atoms with E-state index in [0.717, 1.165) is 135 Å². The van der Waals surface area contributed by atoms with Crippen LogP contribution in [0.4, 0.5) is 0 Å². The van der Waals surface area contributed by atoms with E-state index in [1.165, 1.54) is 152 Å². The van der Waals surface area contributed by atoms with Crippen molar-refractivity contribution < 1.29 is 0 Å². The topological polar surface area (TPSA) is 97.1 Å². The van der Waals surface area contributed by atoms with Crippen LogP contribution < -0.4 is 0 Å². The zero-order chi connectivity index (χ0) is 99.6. The van der Waals surface area contributed by atoms with Crippen molar-refractivity contribution in [2.45, 2.75) is 77.0 Å². The fourth-order valence-electron chi connectivity index (χ4n) is 25.4. The highest BCUT2D eigenvalue weighted by molar-refractivity contribution is 7.25. The third-order valence-electron chi connectivity index (χ3n) is 32.4. The molecule has 8 heterocycles. The zero-order valence-electron chi connectivity index (χ0n) is 83.6. The van der Waals surface area contributed by atoms with E-state index in [-0.39, 0.29) is 21.7 Å². The summed E-state index contributed by atoms with van der Waals surface area (Å²) in [5, 5.41) is 12.6. The van der Waals surface area contributed by atoms with E-state index in [1.807, 2.05) is 29.5 Å². The maximum atomic E-state index is 5.48. The summed E-state index contributed by atoms with van der Waals surface area (Å²) in [6.07, 6.45) is 0. The van der Waals surface area contributed by atoms with Crippen molar-refractivity contribution in [1.82, 2.24) is 48.2 Å². The van der Waals surface area contributed by atoms with Crippen molar-refractivity contribution in [1.29, 1.82) is 0 Å². The lowest BCUT2D eigenvalue weighted by Crippen LogP contribution is -2.17. The van der Waals surface area contributed by atoms with Gasteiger partial charge in [-0.25, -0.2) is 29.9 Å². The van der Waals surface area contributed by atoms with Gasteiger partial charge in [-0.15, -0.1) is 11.3 Å². The molecule has 27 aromatic rings. The van der Waals surface area contributed by atoms with Gasteiger partial charge in [-0.2, -0.15) is 0 Å². The Morgan fingerprint density at radius 3 is 0.872 bits per heavy atom. The standard InChI is InChI=1S/C49H34N4.C46H35N3.C43H29N3S/c1-49(2)39-25-13-9-23-35(39)45-46(50-48(51-47(45)49)31-17-5-3-6-18-31)36-24-12-16-28-42(36)53-41-27-15-11-22-34(41)38-29-37-33-21-10-14-26-40(33)52(43(37)30-44(38)53)32-19-7-4-8-20-32;1-45(2)35-22-12-8-18-29(35)33-26-34-30-19-10-14-24-38(30)49(40(34)27-37(33)45)39-25-15-11-21-32(39)42-41-31-20-9-13-23-36(31)46(3,4)43(41)48-44(47-42)28-16-6-5-7-17-28;1-43(2)33-20-10-6-18-29(33)39-40(44-42(45-41(39)43)26-14-4-3-5-15-26)30-19-8-12-22-35(30)46-34-21-11-7-16-27(34)31-24-32-28-17-9-13-23-37(28)47-38(32)25-36(31)46/h3-30H,1-2H3;5-27H,1-4H3;3-25H,1-2H3. The summed E-state index contributed by atoms with van der Waals surface area (Å²) >= 11 is 1.86. The molecule has 706 valence electrons. The zero-order valence-corrected chi connectivity index (χ0v) is 84.4. The number of hydrogen-bond donors (Lipinski definition) is 0. The fraction of sp³-hybridized carbons (Fsp3) is 0.0870. The minimum absolute atomic E-state index is 0.103. The number of rotatable bonds is 10. The van der Waals surface area contributed by atoms with Crippen molar-refractivity contribution in [3.8, 4) is 135 Å².